The van der Waals surface area contributed by atoms with Crippen LogP contribution in [-0.2, 0) is 13.0 Å². The second kappa shape index (κ2) is 5.91. The average Bonchev–Trinajstić information content (AvgIpc) is 3.06. The molecule has 0 spiro atoms. The van der Waals surface area contributed by atoms with E-state index in [9.17, 15) is 9.50 Å². The van der Waals surface area contributed by atoms with Gasteiger partial charge in [-0.15, -0.1) is 0 Å². The summed E-state index contributed by atoms with van der Waals surface area (Å²) in [6, 6.07) is 6.58. The summed E-state index contributed by atoms with van der Waals surface area (Å²) in [5.74, 6) is 1.32. The lowest BCUT2D eigenvalue weighted by molar-refractivity contribution is 0.171. The monoisotopic (exact) mass is 290 g/mol. The van der Waals surface area contributed by atoms with Crippen molar-refractivity contribution in [1.82, 2.24) is 20.1 Å². The van der Waals surface area contributed by atoms with Gasteiger partial charge in [0.15, 0.2) is 0 Å². The minimum Gasteiger partial charge on any atom is -0.392 e. The van der Waals surface area contributed by atoms with Crippen LogP contribution in [0.2, 0.25) is 0 Å². The lowest BCUT2D eigenvalue weighted by Gasteiger charge is -2.23. The molecule has 1 aromatic heterocycles. The first kappa shape index (κ1) is 14.2. The minimum atomic E-state index is -0.396. The number of hydrogen-bond acceptors (Lipinski definition) is 4. The molecule has 21 heavy (non-hydrogen) atoms. The molecule has 2 N–H and O–H groups in total. The summed E-state index contributed by atoms with van der Waals surface area (Å²) in [6.07, 6.45) is 0.997. The standard InChI is InChI=1S/C15H19FN4O/c1-2-14-17-15(19-18-14)9-20-8-12(21)7-13(20)10-4-3-5-11(16)6-10/h3-6,12-13,21H,2,7-9H2,1H3,(H,17,18,19)/t12-,13-/m1/s1. The van der Waals surface area contributed by atoms with Crippen LogP contribution in [0.4, 0.5) is 4.39 Å². The fraction of sp³-hybridized carbons (Fsp3) is 0.467. The molecule has 5 nitrogen and oxygen atoms in total. The maximum absolute atomic E-state index is 13.4. The normalized spacial score (nSPS) is 22.8. The second-order valence-electron chi connectivity index (χ2n) is 5.44. The van der Waals surface area contributed by atoms with E-state index < -0.39 is 6.10 Å². The third kappa shape index (κ3) is 3.11. The first-order valence-electron chi connectivity index (χ1n) is 7.23. The average molecular weight is 290 g/mol. The number of halogens is 1. The first-order valence-corrected chi connectivity index (χ1v) is 7.23. The van der Waals surface area contributed by atoms with Crippen molar-refractivity contribution >= 4 is 0 Å². The molecule has 3 rings (SSSR count). The van der Waals surface area contributed by atoms with Gasteiger partial charge in [-0.3, -0.25) is 10.00 Å². The number of rotatable bonds is 4. The summed E-state index contributed by atoms with van der Waals surface area (Å²) in [5, 5.41) is 17.0. The van der Waals surface area contributed by atoms with Gasteiger partial charge in [0.1, 0.15) is 17.5 Å². The van der Waals surface area contributed by atoms with Crippen LogP contribution in [-0.4, -0.2) is 37.8 Å². The molecule has 1 aliphatic rings. The van der Waals surface area contributed by atoms with Crippen molar-refractivity contribution < 1.29 is 9.50 Å². The Morgan fingerprint density at radius 1 is 1.48 bits per heavy atom. The molecule has 0 aliphatic carbocycles. The van der Waals surface area contributed by atoms with E-state index in [1.165, 1.54) is 12.1 Å². The Morgan fingerprint density at radius 2 is 2.33 bits per heavy atom. The van der Waals surface area contributed by atoms with E-state index in [-0.39, 0.29) is 11.9 Å². The van der Waals surface area contributed by atoms with Gasteiger partial charge in [-0.05, 0) is 24.1 Å². The molecule has 1 saturated heterocycles. The summed E-state index contributed by atoms with van der Waals surface area (Å²) in [7, 11) is 0. The van der Waals surface area contributed by atoms with Gasteiger partial charge in [0.2, 0.25) is 0 Å². The van der Waals surface area contributed by atoms with Gasteiger partial charge in [-0.2, -0.15) is 5.10 Å². The molecule has 0 saturated carbocycles. The Kier molecular flexibility index (Phi) is 3.98. The molecule has 1 aromatic carbocycles. The van der Waals surface area contributed by atoms with E-state index in [1.807, 2.05) is 13.0 Å². The molecule has 1 aliphatic heterocycles. The number of H-pyrrole nitrogens is 1. The van der Waals surface area contributed by atoms with Gasteiger partial charge in [-0.25, -0.2) is 9.37 Å². The van der Waals surface area contributed by atoms with E-state index in [0.29, 0.717) is 19.5 Å². The van der Waals surface area contributed by atoms with Gasteiger partial charge >= 0.3 is 0 Å². The fourth-order valence-electron chi connectivity index (χ4n) is 2.87. The van der Waals surface area contributed by atoms with E-state index >= 15 is 0 Å². The zero-order valence-electron chi connectivity index (χ0n) is 12.0. The van der Waals surface area contributed by atoms with Gasteiger partial charge in [0.25, 0.3) is 0 Å². The highest BCUT2D eigenvalue weighted by Crippen LogP contribution is 2.33. The van der Waals surface area contributed by atoms with E-state index in [0.717, 1.165) is 23.6 Å². The predicted molar refractivity (Wildman–Crippen MR) is 75.9 cm³/mol. The van der Waals surface area contributed by atoms with Crippen molar-refractivity contribution in [2.24, 2.45) is 0 Å². The molecule has 112 valence electrons. The molecule has 2 atom stereocenters. The SMILES string of the molecule is CCc1n[nH]c(CN2C[C@H](O)C[C@@H]2c2cccc(F)c2)n1. The summed E-state index contributed by atoms with van der Waals surface area (Å²) in [5.41, 5.74) is 0.891. The summed E-state index contributed by atoms with van der Waals surface area (Å²) >= 11 is 0. The fourth-order valence-corrected chi connectivity index (χ4v) is 2.87. The Morgan fingerprint density at radius 3 is 3.05 bits per heavy atom. The van der Waals surface area contributed by atoms with Crippen LogP contribution >= 0.6 is 0 Å². The Balaban J connectivity index is 1.79. The van der Waals surface area contributed by atoms with Crippen LogP contribution in [0.25, 0.3) is 0 Å². The summed E-state index contributed by atoms with van der Waals surface area (Å²) in [6.45, 7) is 3.14. The lowest BCUT2D eigenvalue weighted by atomic mass is 10.0. The number of aromatic amines is 1. The highest BCUT2D eigenvalue weighted by Gasteiger charge is 2.32. The minimum absolute atomic E-state index is 0.00544. The predicted octanol–water partition coefficient (Wildman–Crippen LogP) is 1.81. The highest BCUT2D eigenvalue weighted by molar-refractivity contribution is 5.22. The van der Waals surface area contributed by atoms with Crippen molar-refractivity contribution in [2.45, 2.75) is 38.5 Å². The number of likely N-dealkylation sites (tertiary alicyclic amines) is 1. The smallest absolute Gasteiger partial charge is 0.150 e. The number of β-amino-alcohol motifs (C(OH)–C–C–N with tert-alkyl or cyclic N) is 1. The number of benzene rings is 1. The van der Waals surface area contributed by atoms with Gasteiger partial charge < -0.3 is 5.11 Å². The van der Waals surface area contributed by atoms with Gasteiger partial charge in [0.05, 0.1) is 12.6 Å². The molecule has 0 bridgehead atoms. The number of nitrogens with one attached hydrogen (secondary N) is 1. The number of aliphatic hydroxyl groups excluding tert-OH is 1. The van der Waals surface area contributed by atoms with Crippen LogP contribution in [0.3, 0.4) is 0 Å². The van der Waals surface area contributed by atoms with E-state index in [4.69, 9.17) is 0 Å². The zero-order chi connectivity index (χ0) is 14.8. The number of nitrogens with zero attached hydrogens (tertiary/aromatic N) is 3. The third-order valence-electron chi connectivity index (χ3n) is 3.86. The van der Waals surface area contributed by atoms with Gasteiger partial charge in [0, 0.05) is 19.0 Å². The molecule has 0 unspecified atom stereocenters. The lowest BCUT2D eigenvalue weighted by Crippen LogP contribution is -2.25. The summed E-state index contributed by atoms with van der Waals surface area (Å²) in [4.78, 5) is 6.51. The van der Waals surface area contributed by atoms with Crippen LogP contribution in [0.1, 0.15) is 36.6 Å². The maximum atomic E-state index is 13.4. The Bertz CT molecular complexity index is 615. The third-order valence-corrected chi connectivity index (χ3v) is 3.86. The topological polar surface area (TPSA) is 65.0 Å². The molecule has 0 amide bonds. The zero-order valence-corrected chi connectivity index (χ0v) is 12.0. The Hall–Kier alpha value is -1.79. The molecule has 0 radical (unpaired) electrons. The van der Waals surface area contributed by atoms with E-state index in [2.05, 4.69) is 20.1 Å². The maximum Gasteiger partial charge on any atom is 0.150 e. The first-order chi connectivity index (χ1) is 10.2. The van der Waals surface area contributed by atoms with Crippen molar-refractivity contribution in [1.29, 1.82) is 0 Å². The summed E-state index contributed by atoms with van der Waals surface area (Å²) < 4.78 is 13.4. The van der Waals surface area contributed by atoms with Crippen molar-refractivity contribution in [2.75, 3.05) is 6.54 Å². The molecule has 2 heterocycles. The van der Waals surface area contributed by atoms with Crippen LogP contribution in [0.15, 0.2) is 24.3 Å². The van der Waals surface area contributed by atoms with Crippen LogP contribution in [0.5, 0.6) is 0 Å². The second-order valence-corrected chi connectivity index (χ2v) is 5.44. The number of aliphatic hydroxyl groups is 1. The molecular formula is C15H19FN4O. The van der Waals surface area contributed by atoms with Crippen molar-refractivity contribution in [3.05, 3.63) is 47.3 Å². The highest BCUT2D eigenvalue weighted by atomic mass is 19.1. The molecule has 2 aromatic rings. The molecular weight excluding hydrogens is 271 g/mol. The Labute approximate surface area is 122 Å². The number of hydrogen-bond donors (Lipinski definition) is 2. The van der Waals surface area contributed by atoms with Crippen LogP contribution < -0.4 is 0 Å². The van der Waals surface area contributed by atoms with Crippen LogP contribution in [0, 0.1) is 5.82 Å². The van der Waals surface area contributed by atoms with Gasteiger partial charge in [-0.1, -0.05) is 19.1 Å². The molecule has 6 heteroatoms. The largest absolute Gasteiger partial charge is 0.392 e. The number of aryl methyl sites for hydroxylation is 1. The number of aromatic nitrogens is 3. The van der Waals surface area contributed by atoms with Crippen molar-refractivity contribution in [3.63, 3.8) is 0 Å². The van der Waals surface area contributed by atoms with Crippen molar-refractivity contribution in [3.8, 4) is 0 Å². The quantitative estimate of drug-likeness (QED) is 0.901. The molecule has 1 fully saturated rings. The van der Waals surface area contributed by atoms with E-state index in [1.54, 1.807) is 6.07 Å².